The summed E-state index contributed by atoms with van der Waals surface area (Å²) < 4.78 is 11.7. The number of carboxylic acids is 2. The molecule has 4 amide bonds. The van der Waals surface area contributed by atoms with Crippen LogP contribution < -0.4 is 36.4 Å². The van der Waals surface area contributed by atoms with Crippen LogP contribution in [0.25, 0.3) is 42.7 Å². The van der Waals surface area contributed by atoms with Gasteiger partial charge in [0, 0.05) is 95.9 Å². The molecule has 30 heteroatoms. The van der Waals surface area contributed by atoms with E-state index in [4.69, 9.17) is 55.9 Å². The fourth-order valence-electron chi connectivity index (χ4n) is 15.6. The first-order valence-corrected chi connectivity index (χ1v) is 43.2. The molecule has 0 saturated carbocycles. The van der Waals surface area contributed by atoms with Crippen LogP contribution in [0.4, 0.5) is 34.4 Å². The van der Waals surface area contributed by atoms with Gasteiger partial charge in [0.25, 0.3) is 41.1 Å². The summed E-state index contributed by atoms with van der Waals surface area (Å²) in [5.74, 6) is 0.0536. The fourth-order valence-corrected chi connectivity index (χ4v) is 15.6. The van der Waals surface area contributed by atoms with Crippen molar-refractivity contribution in [1.82, 2.24) is 35.1 Å². The lowest BCUT2D eigenvalue weighted by Crippen LogP contribution is -2.45. The van der Waals surface area contributed by atoms with Gasteiger partial charge in [0.2, 0.25) is 0 Å². The third-order valence-corrected chi connectivity index (χ3v) is 23.4. The number of allylic oxidation sites excluding steroid dienone is 9. The zero-order chi connectivity index (χ0) is 89.2. The first-order chi connectivity index (χ1) is 60.0. The second-order valence-electron chi connectivity index (χ2n) is 34.3. The van der Waals surface area contributed by atoms with E-state index in [0.29, 0.717) is 118 Å². The van der Waals surface area contributed by atoms with Crippen molar-refractivity contribution >= 4 is 110 Å². The number of piperidine rings is 2. The van der Waals surface area contributed by atoms with E-state index in [2.05, 4.69) is 158 Å². The molecule has 0 atom stereocenters. The summed E-state index contributed by atoms with van der Waals surface area (Å²) in [6, 6.07) is 14.6. The van der Waals surface area contributed by atoms with Gasteiger partial charge in [0.15, 0.2) is 34.5 Å². The van der Waals surface area contributed by atoms with Gasteiger partial charge in [-0.25, -0.2) is 34.4 Å². The number of rotatable bonds is 26. The molecule has 654 valence electrons. The summed E-state index contributed by atoms with van der Waals surface area (Å²) in [6.07, 6.45) is 33.2. The van der Waals surface area contributed by atoms with Gasteiger partial charge in [0.05, 0.1) is 88.8 Å². The van der Waals surface area contributed by atoms with Gasteiger partial charge >= 0.3 is 11.9 Å². The van der Waals surface area contributed by atoms with Crippen LogP contribution >= 0.6 is 0 Å². The molecule has 4 aromatic rings. The maximum Gasteiger partial charge on any atom is 0.328 e. The maximum absolute atomic E-state index is 12.9. The lowest BCUT2D eigenvalue weighted by molar-refractivity contribution is -0.132. The first kappa shape index (κ1) is 93.2. The minimum Gasteiger partial charge on any atom is -0.478 e. The van der Waals surface area contributed by atoms with Crippen molar-refractivity contribution in [3.8, 4) is 0 Å². The van der Waals surface area contributed by atoms with Crippen LogP contribution in [-0.4, -0.2) is 184 Å². The van der Waals surface area contributed by atoms with E-state index < -0.39 is 17.5 Å². The number of aromatic nitrogens is 4. The van der Waals surface area contributed by atoms with E-state index in [1.165, 1.54) is 42.6 Å². The molecule has 0 unspecified atom stereocenters. The van der Waals surface area contributed by atoms with Crippen LogP contribution in [0.1, 0.15) is 199 Å². The molecule has 7 N–H and O–H groups in total. The highest BCUT2D eigenvalue weighted by atomic mass is 16.5. The quantitative estimate of drug-likeness (QED) is 0.0227. The number of carbonyl (C=O) groups is 6. The van der Waals surface area contributed by atoms with Gasteiger partial charge in [-0.15, -0.1) is 15.0 Å². The average molecular weight is 1700 g/mol. The van der Waals surface area contributed by atoms with Crippen molar-refractivity contribution in [3.63, 3.8) is 0 Å². The molecule has 14 rings (SSSR count). The number of pyridine rings is 4. The van der Waals surface area contributed by atoms with Gasteiger partial charge < -0.3 is 75.5 Å². The molecular formula is C95H114N20O10. The molecule has 3 aliphatic carbocycles. The summed E-state index contributed by atoms with van der Waals surface area (Å²) >= 11 is 0. The first-order valence-electron chi connectivity index (χ1n) is 43.2. The molecule has 0 bridgehead atoms. The summed E-state index contributed by atoms with van der Waals surface area (Å²) in [6.45, 7) is 58.2. The Kier molecular flexibility index (Phi) is 32.9. The predicted molar refractivity (Wildman–Crippen MR) is 489 cm³/mol. The number of anilines is 6. The molecular weight excluding hydrogens is 1580 g/mol. The smallest absolute Gasteiger partial charge is 0.328 e. The monoisotopic (exact) mass is 1690 g/mol. The van der Waals surface area contributed by atoms with Crippen molar-refractivity contribution in [3.05, 3.63) is 212 Å². The van der Waals surface area contributed by atoms with Crippen LogP contribution in [0.15, 0.2) is 147 Å². The van der Waals surface area contributed by atoms with Gasteiger partial charge in [-0.05, 0) is 226 Å². The highest BCUT2D eigenvalue weighted by molar-refractivity contribution is 6.45. The van der Waals surface area contributed by atoms with Crippen molar-refractivity contribution in [2.75, 3.05) is 123 Å². The van der Waals surface area contributed by atoms with Gasteiger partial charge in [-0.2, -0.15) is 0 Å². The number of morpholine rings is 1. The SMILES string of the molecule is [C-]#[N+]C1=CCC(C(=O)Nc2ccc(/C=C/C(=O)O)nc2N2CCC(C)CC2)=C1.[C-]#[N+]C1=CCC(C(=O)Nc2ccc(/C=C/C(=O)O)nc2N2CCC(C)CC2)=N1.[C-]#[N+]C1=CCC(C(=O)Nc2ccc(C(C)(C)NCCN3CCOCC3)nc2C2=CCC(C)(C)CC2)=N1.[C-]#[N+]C1=CCC(C(=O)Nc2ccc(C(C)(C)OCCN3CCCC3)nc2C2=CCCCC2)=N1. The molecule has 4 aromatic heterocycles. The number of amides is 4. The Hall–Kier alpha value is -12.6. The van der Waals surface area contributed by atoms with Crippen LogP contribution in [0, 0.1) is 43.5 Å². The lowest BCUT2D eigenvalue weighted by atomic mass is 9.77. The van der Waals surface area contributed by atoms with Crippen LogP contribution in [-0.2, 0) is 49.4 Å². The van der Waals surface area contributed by atoms with E-state index in [9.17, 15) is 28.8 Å². The zero-order valence-corrected chi connectivity index (χ0v) is 72.9. The van der Waals surface area contributed by atoms with Crippen LogP contribution in [0.2, 0.25) is 0 Å². The Labute approximate surface area is 732 Å². The highest BCUT2D eigenvalue weighted by Gasteiger charge is 2.33. The number of likely N-dealkylation sites (tertiary alicyclic amines) is 1. The maximum atomic E-state index is 12.9. The Balaban J connectivity index is 0.000000163. The molecule has 4 saturated heterocycles. The Morgan fingerprint density at radius 1 is 0.536 bits per heavy atom. The molecule has 10 aliphatic rings. The second kappa shape index (κ2) is 44.2. The van der Waals surface area contributed by atoms with E-state index in [0.717, 1.165) is 184 Å². The zero-order valence-electron chi connectivity index (χ0n) is 72.9. The van der Waals surface area contributed by atoms with Gasteiger partial charge in [-0.3, -0.25) is 24.1 Å². The van der Waals surface area contributed by atoms with Crippen molar-refractivity contribution in [1.29, 1.82) is 0 Å². The summed E-state index contributed by atoms with van der Waals surface area (Å²) in [5, 5.41) is 33.1. The molecule has 11 heterocycles. The molecule has 4 fully saturated rings. The largest absolute Gasteiger partial charge is 0.478 e. The number of nitrogens with zero attached hydrogens (tertiary/aromatic N) is 15. The number of ether oxygens (including phenoxy) is 2. The summed E-state index contributed by atoms with van der Waals surface area (Å²) in [4.78, 5) is 126. The molecule has 0 aromatic carbocycles. The Morgan fingerprint density at radius 2 is 1.01 bits per heavy atom. The molecule has 7 aliphatic heterocycles. The summed E-state index contributed by atoms with van der Waals surface area (Å²) in [5.41, 5.74) is 10.8. The number of hydrogen-bond donors (Lipinski definition) is 7. The predicted octanol–water partition coefficient (Wildman–Crippen LogP) is 15.8. The van der Waals surface area contributed by atoms with E-state index in [1.54, 1.807) is 54.6 Å². The van der Waals surface area contributed by atoms with Crippen molar-refractivity contribution < 1.29 is 48.5 Å². The third kappa shape index (κ3) is 27.0. The molecule has 30 nitrogen and oxygen atoms in total. The van der Waals surface area contributed by atoms with Crippen molar-refractivity contribution in [2.45, 2.75) is 176 Å². The Bertz CT molecular complexity index is 5120. The van der Waals surface area contributed by atoms with Crippen molar-refractivity contribution in [2.24, 2.45) is 32.2 Å². The average Bonchev–Trinajstić information content (AvgIpc) is 1.36. The molecule has 0 spiro atoms. The lowest BCUT2D eigenvalue weighted by Gasteiger charge is -2.32. The van der Waals surface area contributed by atoms with E-state index in [1.807, 2.05) is 24.3 Å². The van der Waals surface area contributed by atoms with E-state index >= 15 is 0 Å². The normalized spacial score (nSPS) is 18.6. The second-order valence-corrected chi connectivity index (χ2v) is 34.3. The third-order valence-electron chi connectivity index (χ3n) is 23.4. The topological polar surface area (TPSA) is 341 Å². The highest BCUT2D eigenvalue weighted by Crippen LogP contribution is 2.41. The fraction of sp³-hybridized carbons (Fsp3) is 0.463. The minimum absolute atomic E-state index is 0.225. The number of aliphatic imine (C=N–C) groups is 3. The number of carbonyl (C=O) groups excluding carboxylic acids is 4. The molecule has 0 radical (unpaired) electrons. The van der Waals surface area contributed by atoms with E-state index in [-0.39, 0.29) is 52.0 Å². The number of carboxylic acid groups (broad SMARTS) is 2. The number of nitrogens with one attached hydrogen (secondary N) is 5. The minimum atomic E-state index is -1.05. The molecule has 125 heavy (non-hydrogen) atoms. The van der Waals surface area contributed by atoms with Crippen LogP contribution in [0.3, 0.4) is 0 Å². The number of hydrogen-bond acceptors (Lipinski definition) is 20. The summed E-state index contributed by atoms with van der Waals surface area (Å²) in [7, 11) is 0. The van der Waals surface area contributed by atoms with Gasteiger partial charge in [-0.1, -0.05) is 83.9 Å². The number of aliphatic carboxylic acids is 2. The standard InChI is InChI=1S/C28H38N6O2.C26H33N5O2.C21H22N4O3.C20H21N5O3/c1-27(2)12-10-20(11-13-27)25-21(32-26(35)22-7-9-24(29-5)31-22)6-8-23(33-25)28(3,4)30-14-15-34-16-18-36-19-17-34;1-26(2,33-18-17-31-15-7-8-16-31)22-13-11-20(24(30-22)19-9-5-4-6-10-19)29-25(32)21-12-14-23(27-3)28-21;1-14-9-11-25(12-10-14)20-18(7-5-16(23-20)6-8-19(26)27)24-21(28)15-3-4-17(13-15)22-2;1-13-9-11-25(12-10-13)19-15(5-3-14(22-19)4-8-18(26)27)24-20(28)16-6-7-17(21-2)23-16/h6,8-10,30H,7,11-19H2,1-4H3,(H,32,35);9,11,13-14H,4-8,10,12,15-18H2,1-2H3,(H,29,32);4-8,13-14H,3,9-12H2,1H3,(H,24,28)(H,26,27);3-5,7-8,13H,6,9-12H2,1H3,(H,24,28)(H,26,27)/b;;8-6+;8-4+. The van der Waals surface area contributed by atoms with Crippen LogP contribution in [0.5, 0.6) is 0 Å². The Morgan fingerprint density at radius 3 is 1.46 bits per heavy atom. The van der Waals surface area contributed by atoms with Gasteiger partial charge in [0.1, 0.15) is 5.60 Å².